The molecule has 0 bridgehead atoms. The third-order valence-electron chi connectivity index (χ3n) is 4.93. The van der Waals surface area contributed by atoms with E-state index < -0.39 is 6.04 Å². The van der Waals surface area contributed by atoms with Crippen LogP contribution in [0.1, 0.15) is 24.0 Å². The van der Waals surface area contributed by atoms with Crippen LogP contribution < -0.4 is 5.73 Å². The summed E-state index contributed by atoms with van der Waals surface area (Å²) >= 11 is 4.13. The molecule has 1 aliphatic rings. The van der Waals surface area contributed by atoms with Crippen molar-refractivity contribution in [1.82, 2.24) is 4.90 Å². The molecule has 0 saturated carbocycles. The van der Waals surface area contributed by atoms with Gasteiger partial charge in [-0.3, -0.25) is 4.79 Å². The zero-order chi connectivity index (χ0) is 16.9. The highest BCUT2D eigenvalue weighted by molar-refractivity contribution is 7.80. The number of ether oxygens (including phenoxy) is 1. The standard InChI is InChI=1S/C18H28N2O2S/c1-14-5-3-4-6-15(14)11-18(13-22-2)7-9-20(10-8-18)17(21)16(19)12-23/h3-6,16,23H,7-13,19H2,1-2H3/t16-/m0/s1. The molecule has 1 aliphatic heterocycles. The first-order chi connectivity index (χ1) is 11.0. The molecule has 0 radical (unpaired) electrons. The van der Waals surface area contributed by atoms with Gasteiger partial charge in [-0.15, -0.1) is 0 Å². The Balaban J connectivity index is 2.06. The van der Waals surface area contributed by atoms with Gasteiger partial charge in [0.15, 0.2) is 0 Å². The molecule has 1 amide bonds. The molecule has 1 atom stereocenters. The fourth-order valence-corrected chi connectivity index (χ4v) is 3.56. The summed E-state index contributed by atoms with van der Waals surface area (Å²) in [5.41, 5.74) is 8.61. The van der Waals surface area contributed by atoms with Gasteiger partial charge < -0.3 is 15.4 Å². The lowest BCUT2D eigenvalue weighted by molar-refractivity contribution is -0.135. The van der Waals surface area contributed by atoms with Crippen LogP contribution >= 0.6 is 12.6 Å². The third-order valence-corrected chi connectivity index (χ3v) is 5.32. The van der Waals surface area contributed by atoms with Gasteiger partial charge in [0.2, 0.25) is 5.91 Å². The number of thiol groups is 1. The van der Waals surface area contributed by atoms with E-state index in [4.69, 9.17) is 10.5 Å². The third kappa shape index (κ3) is 4.49. The summed E-state index contributed by atoms with van der Waals surface area (Å²) in [4.78, 5) is 14.1. The van der Waals surface area contributed by atoms with Crippen molar-refractivity contribution in [3.63, 3.8) is 0 Å². The largest absolute Gasteiger partial charge is 0.384 e. The van der Waals surface area contributed by atoms with Crippen LogP contribution in [0.4, 0.5) is 0 Å². The number of benzene rings is 1. The van der Waals surface area contributed by atoms with Gasteiger partial charge >= 0.3 is 0 Å². The Morgan fingerprint density at radius 3 is 2.61 bits per heavy atom. The molecule has 0 spiro atoms. The molecule has 4 nitrogen and oxygen atoms in total. The zero-order valence-electron chi connectivity index (χ0n) is 14.1. The average Bonchev–Trinajstić information content (AvgIpc) is 2.56. The lowest BCUT2D eigenvalue weighted by Gasteiger charge is -2.42. The van der Waals surface area contributed by atoms with Crippen molar-refractivity contribution in [2.45, 2.75) is 32.2 Å². The van der Waals surface area contributed by atoms with Crippen molar-refractivity contribution in [2.24, 2.45) is 11.1 Å². The SMILES string of the molecule is COCC1(Cc2ccccc2C)CCN(C(=O)[C@@H](N)CS)CC1. The molecule has 0 aromatic heterocycles. The van der Waals surface area contributed by atoms with Crippen LogP contribution in [-0.2, 0) is 16.0 Å². The molecular formula is C18H28N2O2S. The highest BCUT2D eigenvalue weighted by Crippen LogP contribution is 2.36. The van der Waals surface area contributed by atoms with Crippen LogP contribution in [0.15, 0.2) is 24.3 Å². The van der Waals surface area contributed by atoms with Crippen LogP contribution in [0.2, 0.25) is 0 Å². The fraction of sp³-hybridized carbons (Fsp3) is 0.611. The number of rotatable bonds is 6. The van der Waals surface area contributed by atoms with Crippen LogP contribution in [0.3, 0.4) is 0 Å². The number of aryl methyl sites for hydroxylation is 1. The van der Waals surface area contributed by atoms with Crippen molar-refractivity contribution in [2.75, 3.05) is 32.6 Å². The Morgan fingerprint density at radius 1 is 1.39 bits per heavy atom. The molecule has 1 heterocycles. The van der Waals surface area contributed by atoms with Crippen molar-refractivity contribution >= 4 is 18.5 Å². The first-order valence-corrected chi connectivity index (χ1v) is 8.83. The summed E-state index contributed by atoms with van der Waals surface area (Å²) in [5, 5.41) is 0. The van der Waals surface area contributed by atoms with E-state index in [2.05, 4.69) is 43.8 Å². The molecule has 23 heavy (non-hydrogen) atoms. The first kappa shape index (κ1) is 18.3. The number of carbonyl (C=O) groups excluding carboxylic acids is 1. The Labute approximate surface area is 144 Å². The molecular weight excluding hydrogens is 308 g/mol. The number of methoxy groups -OCH3 is 1. The Bertz CT molecular complexity index is 528. The molecule has 2 N–H and O–H groups in total. The molecule has 1 aromatic carbocycles. The number of likely N-dealkylation sites (tertiary alicyclic amines) is 1. The second-order valence-corrected chi connectivity index (χ2v) is 7.02. The van der Waals surface area contributed by atoms with Crippen LogP contribution in [0.25, 0.3) is 0 Å². The van der Waals surface area contributed by atoms with E-state index in [0.717, 1.165) is 39.0 Å². The summed E-state index contributed by atoms with van der Waals surface area (Å²) < 4.78 is 5.52. The highest BCUT2D eigenvalue weighted by Gasteiger charge is 2.37. The molecule has 5 heteroatoms. The van der Waals surface area contributed by atoms with E-state index in [1.165, 1.54) is 11.1 Å². The number of hydrogen-bond acceptors (Lipinski definition) is 4. The van der Waals surface area contributed by atoms with Gasteiger partial charge in [-0.05, 0) is 37.3 Å². The van der Waals surface area contributed by atoms with Gasteiger partial charge in [0.1, 0.15) is 0 Å². The normalized spacial score (nSPS) is 18.7. The maximum atomic E-state index is 12.2. The van der Waals surface area contributed by atoms with E-state index in [9.17, 15) is 4.79 Å². The van der Waals surface area contributed by atoms with Crippen molar-refractivity contribution in [3.8, 4) is 0 Å². The fourth-order valence-electron chi connectivity index (χ4n) is 3.40. The van der Waals surface area contributed by atoms with Crippen LogP contribution in [-0.4, -0.2) is 49.4 Å². The molecule has 0 unspecified atom stereocenters. The summed E-state index contributed by atoms with van der Waals surface area (Å²) in [6.07, 6.45) is 2.88. The van der Waals surface area contributed by atoms with Crippen molar-refractivity contribution < 1.29 is 9.53 Å². The molecule has 1 fully saturated rings. The van der Waals surface area contributed by atoms with E-state index in [0.29, 0.717) is 5.75 Å². The summed E-state index contributed by atoms with van der Waals surface area (Å²) in [5.74, 6) is 0.406. The minimum absolute atomic E-state index is 0.0157. The topological polar surface area (TPSA) is 55.6 Å². The smallest absolute Gasteiger partial charge is 0.240 e. The monoisotopic (exact) mass is 336 g/mol. The van der Waals surface area contributed by atoms with Gasteiger partial charge in [0.05, 0.1) is 12.6 Å². The zero-order valence-corrected chi connectivity index (χ0v) is 15.0. The highest BCUT2D eigenvalue weighted by atomic mass is 32.1. The predicted octanol–water partition coefficient (Wildman–Crippen LogP) is 2.05. The maximum absolute atomic E-state index is 12.2. The van der Waals surface area contributed by atoms with E-state index in [-0.39, 0.29) is 11.3 Å². The predicted molar refractivity (Wildman–Crippen MR) is 96.8 cm³/mol. The Hall–Kier alpha value is -1.04. The Morgan fingerprint density at radius 2 is 2.04 bits per heavy atom. The minimum atomic E-state index is -0.496. The number of amides is 1. The number of piperidine rings is 1. The quantitative estimate of drug-likeness (QED) is 0.782. The van der Waals surface area contributed by atoms with Gasteiger partial charge in [0.25, 0.3) is 0 Å². The maximum Gasteiger partial charge on any atom is 0.240 e. The molecule has 1 saturated heterocycles. The first-order valence-electron chi connectivity index (χ1n) is 8.20. The molecule has 128 valence electrons. The lowest BCUT2D eigenvalue weighted by Crippen LogP contribution is -2.51. The van der Waals surface area contributed by atoms with Gasteiger partial charge in [0, 0.05) is 31.4 Å². The minimum Gasteiger partial charge on any atom is -0.384 e. The Kier molecular flexibility index (Phi) is 6.50. The summed E-state index contributed by atoms with van der Waals surface area (Å²) in [6, 6.07) is 8.01. The van der Waals surface area contributed by atoms with Gasteiger partial charge in [-0.25, -0.2) is 0 Å². The number of nitrogens with two attached hydrogens (primary N) is 1. The number of nitrogens with zero attached hydrogens (tertiary/aromatic N) is 1. The van der Waals surface area contributed by atoms with Crippen molar-refractivity contribution in [3.05, 3.63) is 35.4 Å². The molecule has 1 aromatic rings. The van der Waals surface area contributed by atoms with Crippen LogP contribution in [0, 0.1) is 12.3 Å². The molecule has 2 rings (SSSR count). The lowest BCUT2D eigenvalue weighted by atomic mass is 9.73. The van der Waals surface area contributed by atoms with Crippen LogP contribution in [0.5, 0.6) is 0 Å². The summed E-state index contributed by atoms with van der Waals surface area (Å²) in [6.45, 7) is 4.37. The number of carbonyl (C=O) groups is 1. The average molecular weight is 337 g/mol. The summed E-state index contributed by atoms with van der Waals surface area (Å²) in [7, 11) is 1.76. The van der Waals surface area contributed by atoms with E-state index in [1.807, 2.05) is 4.90 Å². The van der Waals surface area contributed by atoms with E-state index >= 15 is 0 Å². The second kappa shape index (κ2) is 8.18. The second-order valence-electron chi connectivity index (χ2n) is 6.65. The van der Waals surface area contributed by atoms with E-state index in [1.54, 1.807) is 7.11 Å². The van der Waals surface area contributed by atoms with Gasteiger partial charge in [-0.2, -0.15) is 12.6 Å². The van der Waals surface area contributed by atoms with Crippen molar-refractivity contribution in [1.29, 1.82) is 0 Å². The molecule has 0 aliphatic carbocycles. The van der Waals surface area contributed by atoms with Gasteiger partial charge in [-0.1, -0.05) is 24.3 Å². The number of hydrogen-bond donors (Lipinski definition) is 2.